The minimum absolute atomic E-state index is 0.276. The van der Waals surface area contributed by atoms with Crippen LogP contribution in [0, 0.1) is 12.8 Å². The lowest BCUT2D eigenvalue weighted by Gasteiger charge is -2.33. The quantitative estimate of drug-likeness (QED) is 0.855. The van der Waals surface area contributed by atoms with Crippen molar-refractivity contribution < 1.29 is 19.1 Å². The van der Waals surface area contributed by atoms with Crippen molar-refractivity contribution in [1.29, 1.82) is 0 Å². The average Bonchev–Trinajstić information content (AvgIpc) is 2.79. The van der Waals surface area contributed by atoms with Gasteiger partial charge in [0.1, 0.15) is 17.1 Å². The van der Waals surface area contributed by atoms with E-state index in [1.165, 1.54) is 7.11 Å². The maximum Gasteiger partial charge on any atom is 0.341 e. The Hall–Kier alpha value is -1.33. The number of aryl methyl sites for hydroxylation is 1. The number of carbonyl (C=O) groups is 1. The summed E-state index contributed by atoms with van der Waals surface area (Å²) in [6, 6.07) is 1.76. The molecule has 1 fully saturated rings. The fourth-order valence-corrected chi connectivity index (χ4v) is 2.78. The molecule has 1 aromatic rings. The Morgan fingerprint density at radius 2 is 2.40 bits per heavy atom. The molecule has 0 spiro atoms. The first-order chi connectivity index (χ1) is 9.51. The molecule has 0 amide bonds. The molecule has 20 heavy (non-hydrogen) atoms. The third-order valence-electron chi connectivity index (χ3n) is 3.98. The molecule has 2 heterocycles. The second-order valence-corrected chi connectivity index (χ2v) is 5.55. The lowest BCUT2D eigenvalue weighted by Crippen LogP contribution is -2.38. The van der Waals surface area contributed by atoms with Crippen molar-refractivity contribution in [2.24, 2.45) is 5.92 Å². The molecular formula is C15H23NO4. The molecule has 0 saturated carbocycles. The largest absolute Gasteiger partial charge is 0.465 e. The molecule has 0 radical (unpaired) electrons. The van der Waals surface area contributed by atoms with Gasteiger partial charge in [-0.3, -0.25) is 4.90 Å². The Labute approximate surface area is 119 Å². The van der Waals surface area contributed by atoms with E-state index >= 15 is 0 Å². The molecule has 5 heteroatoms. The van der Waals surface area contributed by atoms with Gasteiger partial charge in [0.15, 0.2) is 0 Å². The molecular weight excluding hydrogens is 258 g/mol. The van der Waals surface area contributed by atoms with Crippen LogP contribution in [-0.4, -0.2) is 42.3 Å². The van der Waals surface area contributed by atoms with E-state index in [1.54, 1.807) is 13.0 Å². The minimum Gasteiger partial charge on any atom is -0.465 e. The number of furan rings is 1. The van der Waals surface area contributed by atoms with E-state index in [4.69, 9.17) is 9.15 Å². The number of methoxy groups -OCH3 is 1. The highest BCUT2D eigenvalue weighted by Gasteiger charge is 2.25. The molecule has 0 bridgehead atoms. The Bertz CT molecular complexity index is 466. The van der Waals surface area contributed by atoms with Crippen LogP contribution < -0.4 is 0 Å². The van der Waals surface area contributed by atoms with Crippen LogP contribution in [-0.2, 0) is 11.3 Å². The van der Waals surface area contributed by atoms with Crippen LogP contribution >= 0.6 is 0 Å². The number of piperidine rings is 1. The summed E-state index contributed by atoms with van der Waals surface area (Å²) in [4.78, 5) is 13.8. The van der Waals surface area contributed by atoms with Crippen LogP contribution in [0.2, 0.25) is 0 Å². The molecule has 1 aromatic heterocycles. The maximum absolute atomic E-state index is 11.6. The van der Waals surface area contributed by atoms with E-state index in [0.717, 1.165) is 31.7 Å². The van der Waals surface area contributed by atoms with Crippen LogP contribution in [0.1, 0.15) is 41.6 Å². The van der Waals surface area contributed by atoms with Crippen LogP contribution in [0.4, 0.5) is 0 Å². The monoisotopic (exact) mass is 281 g/mol. The summed E-state index contributed by atoms with van der Waals surface area (Å²) in [6.07, 6.45) is 1.87. The number of aliphatic hydroxyl groups excluding tert-OH is 1. The Morgan fingerprint density at radius 3 is 3.05 bits per heavy atom. The highest BCUT2D eigenvalue weighted by Crippen LogP contribution is 2.23. The van der Waals surface area contributed by atoms with Gasteiger partial charge in [-0.25, -0.2) is 4.79 Å². The number of likely N-dealkylation sites (tertiary alicyclic amines) is 1. The van der Waals surface area contributed by atoms with Crippen LogP contribution in [0.25, 0.3) is 0 Å². The highest BCUT2D eigenvalue weighted by molar-refractivity contribution is 5.90. The second kappa shape index (κ2) is 6.41. The Balaban J connectivity index is 2.01. The lowest BCUT2D eigenvalue weighted by molar-refractivity contribution is 0.0570. The number of hydrogen-bond donors (Lipinski definition) is 1. The Morgan fingerprint density at radius 1 is 1.65 bits per heavy atom. The van der Waals surface area contributed by atoms with Crippen molar-refractivity contribution in [2.45, 2.75) is 39.3 Å². The average molecular weight is 281 g/mol. The summed E-state index contributed by atoms with van der Waals surface area (Å²) in [5.41, 5.74) is 0.492. The molecule has 2 atom stereocenters. The van der Waals surface area contributed by atoms with Crippen LogP contribution in [0.5, 0.6) is 0 Å². The van der Waals surface area contributed by atoms with Gasteiger partial charge in [-0.15, -0.1) is 0 Å². The zero-order valence-corrected chi connectivity index (χ0v) is 12.4. The number of hydrogen-bond acceptors (Lipinski definition) is 5. The van der Waals surface area contributed by atoms with Gasteiger partial charge in [-0.2, -0.15) is 0 Å². The SMILES string of the molecule is COC(=O)c1cc(CN2CCCC(C(C)O)C2)oc1C. The van der Waals surface area contributed by atoms with Gasteiger partial charge in [0.25, 0.3) is 0 Å². The molecule has 0 aromatic carbocycles. The van der Waals surface area contributed by atoms with Gasteiger partial charge < -0.3 is 14.3 Å². The molecule has 1 saturated heterocycles. The summed E-state index contributed by atoms with van der Waals surface area (Å²) in [5.74, 6) is 1.32. The second-order valence-electron chi connectivity index (χ2n) is 5.55. The minimum atomic E-state index is -0.363. The first-order valence-corrected chi connectivity index (χ1v) is 7.09. The van der Waals surface area contributed by atoms with Gasteiger partial charge in [-0.05, 0) is 45.2 Å². The third-order valence-corrected chi connectivity index (χ3v) is 3.98. The van der Waals surface area contributed by atoms with Gasteiger partial charge in [0, 0.05) is 6.54 Å². The molecule has 1 N–H and O–H groups in total. The van der Waals surface area contributed by atoms with Crippen molar-refractivity contribution in [3.05, 3.63) is 23.2 Å². The summed E-state index contributed by atoms with van der Waals surface area (Å²) in [5, 5.41) is 9.70. The topological polar surface area (TPSA) is 62.9 Å². The van der Waals surface area contributed by atoms with Crippen LogP contribution in [0.3, 0.4) is 0 Å². The van der Waals surface area contributed by atoms with E-state index in [9.17, 15) is 9.90 Å². The zero-order valence-electron chi connectivity index (χ0n) is 12.4. The van der Waals surface area contributed by atoms with E-state index in [0.29, 0.717) is 23.8 Å². The fourth-order valence-electron chi connectivity index (χ4n) is 2.78. The first kappa shape index (κ1) is 15.1. The predicted molar refractivity (Wildman–Crippen MR) is 74.5 cm³/mol. The van der Waals surface area contributed by atoms with Crippen molar-refractivity contribution in [3.8, 4) is 0 Å². The number of rotatable bonds is 4. The summed E-state index contributed by atoms with van der Waals surface area (Å²) in [6.45, 7) is 6.15. The lowest BCUT2D eigenvalue weighted by atomic mass is 9.93. The van der Waals surface area contributed by atoms with E-state index < -0.39 is 0 Å². The van der Waals surface area contributed by atoms with Gasteiger partial charge >= 0.3 is 5.97 Å². The van der Waals surface area contributed by atoms with Crippen molar-refractivity contribution in [1.82, 2.24) is 4.90 Å². The maximum atomic E-state index is 11.6. The fraction of sp³-hybridized carbons (Fsp3) is 0.667. The zero-order chi connectivity index (χ0) is 14.7. The summed E-state index contributed by atoms with van der Waals surface area (Å²) in [7, 11) is 1.37. The van der Waals surface area contributed by atoms with Gasteiger partial charge in [0.05, 0.1) is 19.8 Å². The number of carbonyl (C=O) groups excluding carboxylic acids is 1. The van der Waals surface area contributed by atoms with Gasteiger partial charge in [-0.1, -0.05) is 0 Å². The van der Waals surface area contributed by atoms with Gasteiger partial charge in [0.2, 0.25) is 0 Å². The molecule has 0 aliphatic carbocycles. The number of esters is 1. The normalized spacial score (nSPS) is 21.7. The number of ether oxygens (including phenoxy) is 1. The van der Waals surface area contributed by atoms with E-state index in [2.05, 4.69) is 4.90 Å². The third kappa shape index (κ3) is 3.41. The molecule has 112 valence electrons. The summed E-state index contributed by atoms with van der Waals surface area (Å²) >= 11 is 0. The molecule has 1 aliphatic rings. The smallest absolute Gasteiger partial charge is 0.341 e. The Kier molecular flexibility index (Phi) is 4.83. The number of aliphatic hydroxyl groups is 1. The van der Waals surface area contributed by atoms with E-state index in [-0.39, 0.29) is 12.1 Å². The van der Waals surface area contributed by atoms with Crippen molar-refractivity contribution in [3.63, 3.8) is 0 Å². The van der Waals surface area contributed by atoms with Crippen molar-refractivity contribution in [2.75, 3.05) is 20.2 Å². The highest BCUT2D eigenvalue weighted by atomic mass is 16.5. The predicted octanol–water partition coefficient (Wildman–Crippen LogP) is 1.97. The summed E-state index contributed by atoms with van der Waals surface area (Å²) < 4.78 is 10.4. The molecule has 2 rings (SSSR count). The first-order valence-electron chi connectivity index (χ1n) is 7.09. The molecule has 5 nitrogen and oxygen atoms in total. The van der Waals surface area contributed by atoms with Crippen LogP contribution in [0.15, 0.2) is 10.5 Å². The molecule has 1 aliphatic heterocycles. The number of nitrogens with zero attached hydrogens (tertiary/aromatic N) is 1. The standard InChI is InChI=1S/C15H23NO4/c1-10(17)12-5-4-6-16(8-12)9-13-7-14(11(2)20-13)15(18)19-3/h7,10,12,17H,4-6,8-9H2,1-3H3. The molecule has 2 unspecified atom stereocenters. The van der Waals surface area contributed by atoms with Crippen molar-refractivity contribution >= 4 is 5.97 Å². The van der Waals surface area contributed by atoms with E-state index in [1.807, 2.05) is 6.92 Å².